The van der Waals surface area contributed by atoms with Crippen LogP contribution in [-0.2, 0) is 7.05 Å². The number of nitrogens with two attached hydrogens (primary N) is 1. The van der Waals surface area contributed by atoms with Gasteiger partial charge in [-0.05, 0) is 25.0 Å². The predicted octanol–water partition coefficient (Wildman–Crippen LogP) is 2.30. The lowest BCUT2D eigenvalue weighted by Crippen LogP contribution is -2.46. The second kappa shape index (κ2) is 7.35. The van der Waals surface area contributed by atoms with Gasteiger partial charge in [0.1, 0.15) is 0 Å². The number of aromatic nitrogens is 4. The summed E-state index contributed by atoms with van der Waals surface area (Å²) in [6.07, 6.45) is 7.14. The number of carbonyl (C=O) groups is 1. The highest BCUT2D eigenvalue weighted by Gasteiger charge is 2.48. The Kier molecular flexibility index (Phi) is 5.15. The monoisotopic (exact) mass is 364 g/mol. The fourth-order valence-electron chi connectivity index (χ4n) is 3.33. The summed E-state index contributed by atoms with van der Waals surface area (Å²) < 4.78 is 32.0. The van der Waals surface area contributed by atoms with E-state index >= 15 is 0 Å². The lowest BCUT2D eigenvalue weighted by Gasteiger charge is -2.24. The van der Waals surface area contributed by atoms with Crippen LogP contribution in [0.1, 0.15) is 43.3 Å². The van der Waals surface area contributed by atoms with E-state index in [0.717, 1.165) is 12.8 Å². The first kappa shape index (κ1) is 18.2. The molecule has 0 saturated heterocycles. The van der Waals surface area contributed by atoms with Crippen LogP contribution in [0.4, 0.5) is 8.78 Å². The number of nitrogens with zero attached hydrogens (tertiary/aromatic N) is 5. The van der Waals surface area contributed by atoms with Gasteiger partial charge in [0.25, 0.3) is 0 Å². The lowest BCUT2D eigenvalue weighted by molar-refractivity contribution is -0.0444. The molecule has 0 amide bonds. The Bertz CT molecular complexity index is 849. The first-order chi connectivity index (χ1) is 12.4. The van der Waals surface area contributed by atoms with Crippen molar-refractivity contribution in [2.24, 2.45) is 23.9 Å². The number of hydrogen-bond acceptors (Lipinski definition) is 5. The molecule has 0 unspecified atom stereocenters. The number of rotatable bonds is 3. The van der Waals surface area contributed by atoms with E-state index in [1.165, 1.54) is 6.07 Å². The Hall–Kier alpha value is -2.58. The van der Waals surface area contributed by atoms with Crippen molar-refractivity contribution in [2.75, 3.05) is 0 Å². The molecule has 2 aromatic heterocycles. The number of carbonyl (C=O) groups excluding carboxylic acids is 1. The second-order valence-corrected chi connectivity index (χ2v) is 6.64. The molecule has 1 aliphatic carbocycles. The number of alkyl halides is 2. The molecule has 0 aliphatic heterocycles. The van der Waals surface area contributed by atoms with Crippen LogP contribution in [0.5, 0.6) is 0 Å². The molecule has 2 aromatic rings. The molecule has 0 aromatic carbocycles. The maximum atomic E-state index is 14.9. The highest BCUT2D eigenvalue weighted by atomic mass is 19.3. The largest absolute Gasteiger partial charge is 0.329 e. The highest BCUT2D eigenvalue weighted by molar-refractivity contribution is 5.85. The minimum absolute atomic E-state index is 0.115. The Balaban J connectivity index is 1.99. The van der Waals surface area contributed by atoms with Gasteiger partial charge in [-0.1, -0.05) is 25.7 Å². The predicted molar refractivity (Wildman–Crippen MR) is 90.9 cm³/mol. The number of hydrogen-bond donors (Lipinski definition) is 1. The normalized spacial score (nSPS) is 17.3. The van der Waals surface area contributed by atoms with E-state index in [-0.39, 0.29) is 5.49 Å². The SMILES string of the molecule is Cn1cc(-c2cc/c(=N\N)n(C(=O)C(F)(F)C3CCCCCC3)n2)cn1. The Morgan fingerprint density at radius 1 is 1.27 bits per heavy atom. The average Bonchev–Trinajstić information content (AvgIpc) is 2.89. The van der Waals surface area contributed by atoms with Gasteiger partial charge in [-0.25, -0.2) is 0 Å². The summed E-state index contributed by atoms with van der Waals surface area (Å²) in [5, 5.41) is 11.5. The summed E-state index contributed by atoms with van der Waals surface area (Å²) in [4.78, 5) is 12.7. The second-order valence-electron chi connectivity index (χ2n) is 6.64. The van der Waals surface area contributed by atoms with Gasteiger partial charge in [0.2, 0.25) is 0 Å². The van der Waals surface area contributed by atoms with E-state index in [1.54, 1.807) is 30.2 Å². The summed E-state index contributed by atoms with van der Waals surface area (Å²) >= 11 is 0. The van der Waals surface area contributed by atoms with Crippen molar-refractivity contribution < 1.29 is 13.6 Å². The van der Waals surface area contributed by atoms with Crippen LogP contribution >= 0.6 is 0 Å². The van der Waals surface area contributed by atoms with E-state index in [4.69, 9.17) is 5.84 Å². The van der Waals surface area contributed by atoms with Crippen LogP contribution in [0.25, 0.3) is 11.3 Å². The molecule has 3 rings (SSSR count). The van der Waals surface area contributed by atoms with Gasteiger partial charge in [-0.2, -0.15) is 28.8 Å². The third-order valence-corrected chi connectivity index (χ3v) is 4.79. The van der Waals surface area contributed by atoms with Gasteiger partial charge in [0.05, 0.1) is 11.9 Å². The zero-order valence-corrected chi connectivity index (χ0v) is 14.6. The van der Waals surface area contributed by atoms with Crippen LogP contribution in [0.2, 0.25) is 0 Å². The summed E-state index contributed by atoms with van der Waals surface area (Å²) in [6.45, 7) is 0. The van der Waals surface area contributed by atoms with Crippen molar-refractivity contribution in [2.45, 2.75) is 44.4 Å². The fourth-order valence-corrected chi connectivity index (χ4v) is 3.33. The van der Waals surface area contributed by atoms with Crippen molar-refractivity contribution in [3.05, 3.63) is 30.0 Å². The van der Waals surface area contributed by atoms with E-state index in [1.807, 2.05) is 0 Å². The Labute approximate surface area is 149 Å². The highest BCUT2D eigenvalue weighted by Crippen LogP contribution is 2.36. The summed E-state index contributed by atoms with van der Waals surface area (Å²) in [7, 11) is 1.73. The molecule has 0 bridgehead atoms. The fraction of sp³-hybridized carbons (Fsp3) is 0.529. The first-order valence-corrected chi connectivity index (χ1v) is 8.69. The van der Waals surface area contributed by atoms with Crippen molar-refractivity contribution in [3.8, 4) is 11.3 Å². The molecule has 1 aliphatic rings. The summed E-state index contributed by atoms with van der Waals surface area (Å²) in [6, 6.07) is 2.96. The van der Waals surface area contributed by atoms with Crippen LogP contribution in [-0.4, -0.2) is 31.4 Å². The quantitative estimate of drug-likeness (QED) is 0.514. The minimum Gasteiger partial charge on any atom is -0.321 e. The van der Waals surface area contributed by atoms with Crippen molar-refractivity contribution in [1.29, 1.82) is 0 Å². The first-order valence-electron chi connectivity index (χ1n) is 8.69. The molecular formula is C17H22F2N6O. The van der Waals surface area contributed by atoms with E-state index in [2.05, 4.69) is 15.3 Å². The van der Waals surface area contributed by atoms with Crippen molar-refractivity contribution in [3.63, 3.8) is 0 Å². The maximum absolute atomic E-state index is 14.9. The maximum Gasteiger partial charge on any atom is 0.329 e. The average molecular weight is 364 g/mol. The van der Waals surface area contributed by atoms with Crippen molar-refractivity contribution >= 4 is 5.91 Å². The van der Waals surface area contributed by atoms with E-state index in [0.29, 0.717) is 41.6 Å². The molecule has 0 spiro atoms. The minimum atomic E-state index is -3.52. The van der Waals surface area contributed by atoms with Gasteiger partial charge in [0, 0.05) is 24.7 Å². The lowest BCUT2D eigenvalue weighted by atomic mass is 9.92. The molecule has 1 saturated carbocycles. The Morgan fingerprint density at radius 3 is 2.54 bits per heavy atom. The molecule has 2 heterocycles. The Morgan fingerprint density at radius 2 is 1.96 bits per heavy atom. The molecule has 7 nitrogen and oxygen atoms in total. The third-order valence-electron chi connectivity index (χ3n) is 4.79. The molecule has 1 fully saturated rings. The smallest absolute Gasteiger partial charge is 0.321 e. The van der Waals surface area contributed by atoms with Crippen molar-refractivity contribution in [1.82, 2.24) is 19.6 Å². The van der Waals surface area contributed by atoms with Gasteiger partial charge in [-0.15, -0.1) is 0 Å². The molecule has 0 atom stereocenters. The topological polar surface area (TPSA) is 91.1 Å². The van der Waals surface area contributed by atoms with Crippen LogP contribution < -0.4 is 11.3 Å². The van der Waals surface area contributed by atoms with Crippen LogP contribution in [0, 0.1) is 5.92 Å². The standard InChI is InChI=1S/C17H22F2N6O/c1-24-11-12(10-21-24)14-8-9-15(22-20)25(23-14)16(26)17(18,19)13-6-4-2-3-5-7-13/h8-11,13H,2-7,20H2,1H3/b22-15+. The van der Waals surface area contributed by atoms with E-state index < -0.39 is 17.7 Å². The molecule has 140 valence electrons. The number of aryl methyl sites for hydroxylation is 1. The van der Waals surface area contributed by atoms with Gasteiger partial charge < -0.3 is 5.84 Å². The van der Waals surface area contributed by atoms with E-state index in [9.17, 15) is 13.6 Å². The number of halogens is 2. The molecule has 2 N–H and O–H groups in total. The molecule has 0 radical (unpaired) electrons. The summed E-state index contributed by atoms with van der Waals surface area (Å²) in [5.41, 5.74) is 0.835. The van der Waals surface area contributed by atoms with Crippen LogP contribution in [0.3, 0.4) is 0 Å². The molecule has 26 heavy (non-hydrogen) atoms. The molecular weight excluding hydrogens is 342 g/mol. The molecule has 9 heteroatoms. The van der Waals surface area contributed by atoms with Gasteiger partial charge >= 0.3 is 11.8 Å². The zero-order chi connectivity index (χ0) is 18.7. The van der Waals surface area contributed by atoms with Gasteiger partial charge in [0.15, 0.2) is 5.49 Å². The summed E-state index contributed by atoms with van der Waals surface area (Å²) in [5.74, 6) is -0.616. The van der Waals surface area contributed by atoms with Crippen LogP contribution in [0.15, 0.2) is 29.6 Å². The third kappa shape index (κ3) is 3.51. The zero-order valence-electron chi connectivity index (χ0n) is 14.6. The van der Waals surface area contributed by atoms with Gasteiger partial charge in [-0.3, -0.25) is 9.48 Å².